The summed E-state index contributed by atoms with van der Waals surface area (Å²) in [5.74, 6) is 0. The summed E-state index contributed by atoms with van der Waals surface area (Å²) in [5.41, 5.74) is 1.97. The first-order valence-electron chi connectivity index (χ1n) is 6.23. The number of hydrogen-bond acceptors (Lipinski definition) is 4. The van der Waals surface area contributed by atoms with Gasteiger partial charge in [0.15, 0.2) is 0 Å². The number of primary sulfonamides is 1. The lowest BCUT2D eigenvalue weighted by Crippen LogP contribution is -2.13. The van der Waals surface area contributed by atoms with Gasteiger partial charge in [0.25, 0.3) is 0 Å². The van der Waals surface area contributed by atoms with Crippen LogP contribution >= 0.6 is 11.3 Å². The Morgan fingerprint density at radius 2 is 1.95 bits per heavy atom. The highest BCUT2D eigenvalue weighted by Gasteiger charge is 2.13. The summed E-state index contributed by atoms with van der Waals surface area (Å²) >= 11 is 1.76. The molecule has 20 heavy (non-hydrogen) atoms. The Bertz CT molecular complexity index is 721. The van der Waals surface area contributed by atoms with Crippen LogP contribution < -0.4 is 10.5 Å². The molecule has 0 aliphatic rings. The number of anilines is 1. The molecule has 1 aromatic carbocycles. The van der Waals surface area contributed by atoms with Crippen molar-refractivity contribution >= 4 is 27.0 Å². The second kappa shape index (κ2) is 5.55. The number of rotatable bonds is 4. The molecule has 4 nitrogen and oxygen atoms in total. The molecule has 1 heterocycles. The topological polar surface area (TPSA) is 72.2 Å². The summed E-state index contributed by atoms with van der Waals surface area (Å²) in [6.45, 7) is 6.22. The Hall–Kier alpha value is -1.37. The van der Waals surface area contributed by atoms with E-state index in [-0.39, 0.29) is 10.9 Å². The largest absolute Gasteiger partial charge is 0.378 e. The van der Waals surface area contributed by atoms with Gasteiger partial charge in [-0.25, -0.2) is 13.6 Å². The van der Waals surface area contributed by atoms with Crippen molar-refractivity contribution in [3.63, 3.8) is 0 Å². The van der Waals surface area contributed by atoms with Gasteiger partial charge in [-0.1, -0.05) is 6.07 Å². The molecule has 2 rings (SSSR count). The van der Waals surface area contributed by atoms with Crippen molar-refractivity contribution in [2.45, 2.75) is 31.7 Å². The van der Waals surface area contributed by atoms with Crippen LogP contribution in [-0.2, 0) is 10.0 Å². The summed E-state index contributed by atoms with van der Waals surface area (Å²) in [7, 11) is -3.67. The Morgan fingerprint density at radius 1 is 1.25 bits per heavy atom. The SMILES string of the molecule is Cc1cc(C(C)Nc2cccc(S(N)(=O)=O)c2)c(C)s1. The van der Waals surface area contributed by atoms with Gasteiger partial charge in [-0.2, -0.15) is 0 Å². The fourth-order valence-electron chi connectivity index (χ4n) is 2.17. The van der Waals surface area contributed by atoms with E-state index in [4.69, 9.17) is 5.14 Å². The number of hydrogen-bond donors (Lipinski definition) is 2. The number of nitrogens with one attached hydrogen (secondary N) is 1. The zero-order valence-electron chi connectivity index (χ0n) is 11.7. The number of aryl methyl sites for hydroxylation is 2. The third kappa shape index (κ3) is 3.39. The summed E-state index contributed by atoms with van der Waals surface area (Å²) in [6, 6.07) is 8.82. The number of sulfonamides is 1. The van der Waals surface area contributed by atoms with Crippen LogP contribution in [0.25, 0.3) is 0 Å². The first kappa shape index (κ1) is 15.0. The third-order valence-electron chi connectivity index (χ3n) is 3.09. The minimum Gasteiger partial charge on any atom is -0.378 e. The van der Waals surface area contributed by atoms with E-state index < -0.39 is 10.0 Å². The van der Waals surface area contributed by atoms with Crippen molar-refractivity contribution in [2.75, 3.05) is 5.32 Å². The lowest BCUT2D eigenvalue weighted by molar-refractivity contribution is 0.598. The molecule has 0 saturated heterocycles. The quantitative estimate of drug-likeness (QED) is 0.911. The normalized spacial score (nSPS) is 13.2. The van der Waals surface area contributed by atoms with Crippen molar-refractivity contribution in [2.24, 2.45) is 5.14 Å². The highest BCUT2D eigenvalue weighted by Crippen LogP contribution is 2.29. The van der Waals surface area contributed by atoms with Gasteiger partial charge in [0, 0.05) is 21.5 Å². The second-order valence-electron chi connectivity index (χ2n) is 4.81. The van der Waals surface area contributed by atoms with Crippen LogP contribution in [0.4, 0.5) is 5.69 Å². The van der Waals surface area contributed by atoms with E-state index in [1.807, 2.05) is 6.07 Å². The predicted molar refractivity (Wildman–Crippen MR) is 83.6 cm³/mol. The van der Waals surface area contributed by atoms with Crippen molar-refractivity contribution in [1.82, 2.24) is 0 Å². The maximum Gasteiger partial charge on any atom is 0.238 e. The van der Waals surface area contributed by atoms with E-state index in [9.17, 15) is 8.42 Å². The minimum absolute atomic E-state index is 0.107. The van der Waals surface area contributed by atoms with Crippen LogP contribution in [0.5, 0.6) is 0 Å². The highest BCUT2D eigenvalue weighted by atomic mass is 32.2. The fourth-order valence-corrected chi connectivity index (χ4v) is 3.75. The van der Waals surface area contributed by atoms with Crippen LogP contribution in [0.3, 0.4) is 0 Å². The monoisotopic (exact) mass is 310 g/mol. The smallest absolute Gasteiger partial charge is 0.238 e. The molecule has 6 heteroatoms. The molecule has 0 aliphatic carbocycles. The number of thiophene rings is 1. The molecule has 1 atom stereocenters. The molecule has 0 saturated carbocycles. The molecular weight excluding hydrogens is 292 g/mol. The van der Waals surface area contributed by atoms with E-state index in [1.165, 1.54) is 21.4 Å². The first-order valence-corrected chi connectivity index (χ1v) is 8.60. The van der Waals surface area contributed by atoms with E-state index in [2.05, 4.69) is 32.2 Å². The molecule has 0 bridgehead atoms. The van der Waals surface area contributed by atoms with Crippen LogP contribution in [0.1, 0.15) is 28.3 Å². The van der Waals surface area contributed by atoms with Crippen molar-refractivity contribution in [3.05, 3.63) is 45.6 Å². The van der Waals surface area contributed by atoms with Gasteiger partial charge < -0.3 is 5.32 Å². The molecule has 0 aliphatic heterocycles. The van der Waals surface area contributed by atoms with Crippen molar-refractivity contribution in [1.29, 1.82) is 0 Å². The molecule has 3 N–H and O–H groups in total. The molecule has 2 aromatic rings. The third-order valence-corrected chi connectivity index (χ3v) is 4.98. The molecule has 0 radical (unpaired) electrons. The van der Waals surface area contributed by atoms with Gasteiger partial charge in [-0.3, -0.25) is 0 Å². The van der Waals surface area contributed by atoms with Crippen LogP contribution in [-0.4, -0.2) is 8.42 Å². The number of benzene rings is 1. The van der Waals surface area contributed by atoms with E-state index in [0.29, 0.717) is 0 Å². The summed E-state index contributed by atoms with van der Waals surface area (Å²) in [6.07, 6.45) is 0. The molecular formula is C14H18N2O2S2. The van der Waals surface area contributed by atoms with E-state index >= 15 is 0 Å². The lowest BCUT2D eigenvalue weighted by atomic mass is 10.1. The summed E-state index contributed by atoms with van der Waals surface area (Å²) in [5, 5.41) is 8.45. The highest BCUT2D eigenvalue weighted by molar-refractivity contribution is 7.89. The lowest BCUT2D eigenvalue weighted by Gasteiger charge is -2.16. The Kier molecular flexibility index (Phi) is 4.17. The Balaban J connectivity index is 2.24. The molecule has 0 fully saturated rings. The molecule has 1 aromatic heterocycles. The standard InChI is InChI=1S/C14H18N2O2S2/c1-9-7-14(11(3)19-9)10(2)16-12-5-4-6-13(8-12)20(15,17)18/h4-8,10,16H,1-3H3,(H2,15,17,18). The van der Waals surface area contributed by atoms with E-state index in [1.54, 1.807) is 23.5 Å². The van der Waals surface area contributed by atoms with Crippen LogP contribution in [0.15, 0.2) is 35.2 Å². The molecule has 108 valence electrons. The summed E-state index contributed by atoms with van der Waals surface area (Å²) in [4.78, 5) is 2.66. The Labute approximate surface area is 123 Å². The van der Waals surface area contributed by atoms with E-state index in [0.717, 1.165) is 5.69 Å². The van der Waals surface area contributed by atoms with Gasteiger partial charge in [-0.15, -0.1) is 11.3 Å². The molecule has 0 amide bonds. The van der Waals surface area contributed by atoms with Gasteiger partial charge in [0.1, 0.15) is 0 Å². The van der Waals surface area contributed by atoms with Gasteiger partial charge >= 0.3 is 0 Å². The first-order chi connectivity index (χ1) is 9.27. The number of nitrogens with two attached hydrogens (primary N) is 1. The average Bonchev–Trinajstić information content (AvgIpc) is 2.68. The average molecular weight is 310 g/mol. The van der Waals surface area contributed by atoms with Gasteiger partial charge in [0.2, 0.25) is 10.0 Å². The molecule has 0 spiro atoms. The van der Waals surface area contributed by atoms with Crippen molar-refractivity contribution < 1.29 is 8.42 Å². The van der Waals surface area contributed by atoms with Crippen molar-refractivity contribution in [3.8, 4) is 0 Å². The van der Waals surface area contributed by atoms with Gasteiger partial charge in [0.05, 0.1) is 4.90 Å². The minimum atomic E-state index is -3.67. The van der Waals surface area contributed by atoms with Crippen LogP contribution in [0.2, 0.25) is 0 Å². The fraction of sp³-hybridized carbons (Fsp3) is 0.286. The maximum absolute atomic E-state index is 11.3. The Morgan fingerprint density at radius 3 is 2.50 bits per heavy atom. The zero-order chi connectivity index (χ0) is 14.9. The predicted octanol–water partition coefficient (Wildman–Crippen LogP) is 3.19. The zero-order valence-corrected chi connectivity index (χ0v) is 13.3. The molecule has 1 unspecified atom stereocenters. The second-order valence-corrected chi connectivity index (χ2v) is 7.83. The summed E-state index contributed by atoms with van der Waals surface area (Å²) < 4.78 is 22.7. The van der Waals surface area contributed by atoms with Crippen LogP contribution in [0, 0.1) is 13.8 Å². The maximum atomic E-state index is 11.3. The van der Waals surface area contributed by atoms with Gasteiger partial charge in [-0.05, 0) is 50.6 Å².